The minimum absolute atomic E-state index is 0.141. The molecule has 0 radical (unpaired) electrons. The van der Waals surface area contributed by atoms with Crippen LogP contribution in [-0.4, -0.2) is 30.7 Å². The molecule has 0 fully saturated rings. The molecule has 0 saturated carbocycles. The Morgan fingerprint density at radius 2 is 2.05 bits per heavy atom. The van der Waals surface area contributed by atoms with Crippen LogP contribution < -0.4 is 10.2 Å². The van der Waals surface area contributed by atoms with Crippen molar-refractivity contribution in [1.82, 2.24) is 5.32 Å². The monoisotopic (exact) mass is 352 g/mol. The van der Waals surface area contributed by atoms with Gasteiger partial charge in [-0.3, -0.25) is 19.3 Å². The molecule has 0 atom stereocenters. The first kappa shape index (κ1) is 15.7. The van der Waals surface area contributed by atoms with Crippen molar-refractivity contribution >= 4 is 39.2 Å². The van der Waals surface area contributed by atoms with Gasteiger partial charge in [-0.05, 0) is 40.4 Å². The Morgan fingerprint density at radius 1 is 1.33 bits per heavy atom. The van der Waals surface area contributed by atoms with Gasteiger partial charge < -0.3 is 5.32 Å². The summed E-state index contributed by atoms with van der Waals surface area (Å²) in [7, 11) is 0. The number of ketones is 1. The number of carbonyl (C=O) groups excluding carboxylic acids is 3. The van der Waals surface area contributed by atoms with Gasteiger partial charge in [0, 0.05) is 11.0 Å². The van der Waals surface area contributed by atoms with Gasteiger partial charge in [-0.25, -0.2) is 0 Å². The maximum Gasteiger partial charge on any atom is 0.299 e. The van der Waals surface area contributed by atoms with Crippen LogP contribution in [0.5, 0.6) is 0 Å². The van der Waals surface area contributed by atoms with Crippen molar-refractivity contribution in [2.45, 2.75) is 20.3 Å². The minimum Gasteiger partial charge on any atom is -0.355 e. The Balaban J connectivity index is 2.09. The molecular formula is C15H17BrN2O3. The smallest absolute Gasteiger partial charge is 0.299 e. The molecule has 1 heterocycles. The Bertz CT molecular complexity index is 599. The molecule has 2 rings (SSSR count). The SMILES string of the molecule is CC(C)CCNC(=O)CN1C(=O)C(=O)c2cccc(Br)c21. The van der Waals surface area contributed by atoms with Gasteiger partial charge in [0.2, 0.25) is 5.91 Å². The zero-order chi connectivity index (χ0) is 15.6. The first-order valence-electron chi connectivity index (χ1n) is 6.83. The molecule has 0 spiro atoms. The van der Waals surface area contributed by atoms with Crippen molar-refractivity contribution < 1.29 is 14.4 Å². The summed E-state index contributed by atoms with van der Waals surface area (Å²) in [6.07, 6.45) is 0.874. The first-order chi connectivity index (χ1) is 9.91. The highest BCUT2D eigenvalue weighted by Crippen LogP contribution is 2.35. The number of para-hydroxylation sites is 1. The topological polar surface area (TPSA) is 66.5 Å². The second-order valence-electron chi connectivity index (χ2n) is 5.39. The quantitative estimate of drug-likeness (QED) is 0.825. The molecule has 2 amide bonds. The third-order valence-corrected chi connectivity index (χ3v) is 3.93. The van der Waals surface area contributed by atoms with Crippen LogP contribution in [0.1, 0.15) is 30.6 Å². The molecule has 0 aliphatic carbocycles. The molecule has 1 aromatic carbocycles. The molecule has 0 saturated heterocycles. The number of nitrogens with zero attached hydrogens (tertiary/aromatic N) is 1. The maximum absolute atomic E-state index is 12.0. The average molecular weight is 353 g/mol. The molecule has 1 aliphatic rings. The molecule has 1 aliphatic heterocycles. The highest BCUT2D eigenvalue weighted by atomic mass is 79.9. The molecule has 0 aromatic heterocycles. The number of hydrogen-bond acceptors (Lipinski definition) is 3. The molecule has 1 N–H and O–H groups in total. The van der Waals surface area contributed by atoms with Crippen LogP contribution in [0.15, 0.2) is 22.7 Å². The van der Waals surface area contributed by atoms with E-state index in [4.69, 9.17) is 0 Å². The number of amides is 2. The average Bonchev–Trinajstić information content (AvgIpc) is 2.65. The van der Waals surface area contributed by atoms with Crippen molar-refractivity contribution in [3.8, 4) is 0 Å². The fourth-order valence-electron chi connectivity index (χ4n) is 2.16. The van der Waals surface area contributed by atoms with E-state index in [9.17, 15) is 14.4 Å². The van der Waals surface area contributed by atoms with Crippen molar-refractivity contribution in [3.05, 3.63) is 28.2 Å². The van der Waals surface area contributed by atoms with E-state index in [0.717, 1.165) is 6.42 Å². The Hall–Kier alpha value is -1.69. The van der Waals surface area contributed by atoms with Crippen molar-refractivity contribution in [3.63, 3.8) is 0 Å². The summed E-state index contributed by atoms with van der Waals surface area (Å²) in [6.45, 7) is 4.57. The molecule has 5 nitrogen and oxygen atoms in total. The van der Waals surface area contributed by atoms with Gasteiger partial charge in [-0.1, -0.05) is 19.9 Å². The predicted octanol–water partition coefficient (Wildman–Crippen LogP) is 2.14. The number of benzene rings is 1. The third-order valence-electron chi connectivity index (χ3n) is 3.29. The summed E-state index contributed by atoms with van der Waals surface area (Å²) >= 11 is 3.33. The van der Waals surface area contributed by atoms with E-state index in [2.05, 4.69) is 35.1 Å². The normalized spacial score (nSPS) is 13.8. The Labute approximate surface area is 131 Å². The minimum atomic E-state index is -0.657. The summed E-state index contributed by atoms with van der Waals surface area (Å²) in [6, 6.07) is 5.03. The second-order valence-corrected chi connectivity index (χ2v) is 6.24. The maximum atomic E-state index is 12.0. The molecule has 21 heavy (non-hydrogen) atoms. The molecule has 0 bridgehead atoms. The number of Topliss-reactive ketones (excluding diaryl/α,β-unsaturated/α-hetero) is 1. The number of fused-ring (bicyclic) bond motifs is 1. The molecule has 1 aromatic rings. The highest BCUT2D eigenvalue weighted by Gasteiger charge is 2.37. The van der Waals surface area contributed by atoms with E-state index < -0.39 is 11.7 Å². The zero-order valence-corrected chi connectivity index (χ0v) is 13.6. The zero-order valence-electron chi connectivity index (χ0n) is 12.0. The largest absolute Gasteiger partial charge is 0.355 e. The number of halogens is 1. The van der Waals surface area contributed by atoms with E-state index in [1.807, 2.05) is 0 Å². The fourth-order valence-corrected chi connectivity index (χ4v) is 2.74. The second kappa shape index (κ2) is 6.39. The van der Waals surface area contributed by atoms with Crippen LogP contribution in [0, 0.1) is 5.92 Å². The number of carbonyl (C=O) groups is 3. The van der Waals surface area contributed by atoms with Gasteiger partial charge in [-0.15, -0.1) is 0 Å². The summed E-state index contributed by atoms with van der Waals surface area (Å²) in [5.41, 5.74) is 0.816. The van der Waals surface area contributed by atoms with Crippen LogP contribution in [0.2, 0.25) is 0 Å². The van der Waals surface area contributed by atoms with Crippen LogP contribution in [0.4, 0.5) is 5.69 Å². The van der Waals surface area contributed by atoms with Gasteiger partial charge in [0.15, 0.2) is 0 Å². The number of rotatable bonds is 5. The molecular weight excluding hydrogens is 336 g/mol. The van der Waals surface area contributed by atoms with E-state index in [1.54, 1.807) is 18.2 Å². The van der Waals surface area contributed by atoms with Gasteiger partial charge >= 0.3 is 0 Å². The van der Waals surface area contributed by atoms with Gasteiger partial charge in [0.1, 0.15) is 6.54 Å². The van der Waals surface area contributed by atoms with Crippen molar-refractivity contribution in [1.29, 1.82) is 0 Å². The number of hydrogen-bond donors (Lipinski definition) is 1. The standard InChI is InChI=1S/C15H17BrN2O3/c1-9(2)6-7-17-12(19)8-18-13-10(14(20)15(18)21)4-3-5-11(13)16/h3-5,9H,6-8H2,1-2H3,(H,17,19). The number of nitrogens with one attached hydrogen (secondary N) is 1. The lowest BCUT2D eigenvalue weighted by molar-refractivity contribution is -0.122. The lowest BCUT2D eigenvalue weighted by atomic mass is 10.1. The van der Waals surface area contributed by atoms with Gasteiger partial charge in [0.25, 0.3) is 11.7 Å². The van der Waals surface area contributed by atoms with Crippen LogP contribution >= 0.6 is 15.9 Å². The van der Waals surface area contributed by atoms with Crippen LogP contribution in [-0.2, 0) is 9.59 Å². The molecule has 6 heteroatoms. The fraction of sp³-hybridized carbons (Fsp3) is 0.400. The van der Waals surface area contributed by atoms with Crippen molar-refractivity contribution in [2.24, 2.45) is 5.92 Å². The van der Waals surface area contributed by atoms with Crippen molar-refractivity contribution in [2.75, 3.05) is 18.0 Å². The Kier molecular flexibility index (Phi) is 4.77. The van der Waals surface area contributed by atoms with E-state index >= 15 is 0 Å². The van der Waals surface area contributed by atoms with Crippen LogP contribution in [0.3, 0.4) is 0 Å². The first-order valence-corrected chi connectivity index (χ1v) is 7.62. The summed E-state index contributed by atoms with van der Waals surface area (Å²) in [5, 5.41) is 2.77. The number of anilines is 1. The third kappa shape index (κ3) is 3.32. The van der Waals surface area contributed by atoms with Gasteiger partial charge in [0.05, 0.1) is 11.3 Å². The summed E-state index contributed by atoms with van der Waals surface area (Å²) in [5.74, 6) is -0.993. The lowest BCUT2D eigenvalue weighted by Gasteiger charge is -2.17. The molecule has 0 unspecified atom stereocenters. The van der Waals surface area contributed by atoms with Gasteiger partial charge in [-0.2, -0.15) is 0 Å². The van der Waals surface area contributed by atoms with Crippen LogP contribution in [0.25, 0.3) is 0 Å². The Morgan fingerprint density at radius 3 is 2.71 bits per heavy atom. The van der Waals surface area contributed by atoms with E-state index in [0.29, 0.717) is 28.2 Å². The molecule has 112 valence electrons. The van der Waals surface area contributed by atoms with E-state index in [-0.39, 0.29) is 12.5 Å². The highest BCUT2D eigenvalue weighted by molar-refractivity contribution is 9.10. The predicted molar refractivity (Wildman–Crippen MR) is 83.3 cm³/mol. The lowest BCUT2D eigenvalue weighted by Crippen LogP contribution is -2.40. The van der Waals surface area contributed by atoms with E-state index in [1.165, 1.54) is 4.90 Å². The summed E-state index contributed by atoms with van der Waals surface area (Å²) < 4.78 is 0.634. The summed E-state index contributed by atoms with van der Waals surface area (Å²) in [4.78, 5) is 37.1.